The zero-order valence-electron chi connectivity index (χ0n) is 28.7. The smallest absolute Gasteiger partial charge is 0.457 e. The van der Waals surface area contributed by atoms with E-state index in [1.165, 1.54) is 19.3 Å². The van der Waals surface area contributed by atoms with Crippen LogP contribution in [0.25, 0.3) is 0 Å². The number of phosphoric acid groups is 1. The van der Waals surface area contributed by atoms with Gasteiger partial charge < -0.3 is 24.6 Å². The van der Waals surface area contributed by atoms with Gasteiger partial charge in [-0.25, -0.2) is 4.57 Å². The fraction of sp³-hybridized carbons (Fsp3) is 0.667. The third-order valence-electron chi connectivity index (χ3n) is 6.74. The van der Waals surface area contributed by atoms with E-state index in [1.807, 2.05) is 12.2 Å². The molecule has 0 saturated heterocycles. The lowest BCUT2D eigenvalue weighted by Crippen LogP contribution is -2.28. The Labute approximate surface area is 283 Å². The molecule has 0 aliphatic heterocycles. The van der Waals surface area contributed by atoms with E-state index >= 15 is 0 Å². The maximum Gasteiger partial charge on any atom is 0.472 e. The fourth-order valence-corrected chi connectivity index (χ4v) is 4.87. The number of hydrogen-bond donors (Lipinski definition) is 3. The lowest BCUT2D eigenvalue weighted by molar-refractivity contribution is -0.153. The quantitative estimate of drug-likeness (QED) is 0.0284. The van der Waals surface area contributed by atoms with E-state index in [2.05, 4.69) is 62.5 Å². The van der Waals surface area contributed by atoms with E-state index in [9.17, 15) is 29.3 Å². The summed E-state index contributed by atoms with van der Waals surface area (Å²) in [4.78, 5) is 34.1. The molecule has 0 radical (unpaired) electrons. The number of aliphatic hydroxyl groups excluding tert-OH is 2. The topological polar surface area (TPSA) is 149 Å². The van der Waals surface area contributed by atoms with Crippen molar-refractivity contribution in [1.29, 1.82) is 0 Å². The Hall–Kier alpha value is -2.33. The molecule has 0 saturated carbocycles. The van der Waals surface area contributed by atoms with Gasteiger partial charge in [-0.05, 0) is 51.4 Å². The first kappa shape index (κ1) is 44.7. The number of rotatable bonds is 31. The van der Waals surface area contributed by atoms with Gasteiger partial charge in [-0.2, -0.15) is 0 Å². The summed E-state index contributed by atoms with van der Waals surface area (Å²) < 4.78 is 32.2. The van der Waals surface area contributed by atoms with E-state index in [4.69, 9.17) is 18.5 Å². The number of allylic oxidation sites excluding steroid dienone is 10. The van der Waals surface area contributed by atoms with Crippen LogP contribution < -0.4 is 0 Å². The third kappa shape index (κ3) is 30.7. The molecule has 0 aromatic rings. The molecule has 0 rings (SSSR count). The minimum absolute atomic E-state index is 0.112. The molecule has 3 N–H and O–H groups in total. The van der Waals surface area contributed by atoms with Crippen molar-refractivity contribution in [2.45, 2.75) is 129 Å². The largest absolute Gasteiger partial charge is 0.472 e. The molecular weight excluding hydrogens is 623 g/mol. The summed E-state index contributed by atoms with van der Waals surface area (Å²) in [7, 11) is -4.64. The van der Waals surface area contributed by atoms with Gasteiger partial charge in [-0.15, -0.1) is 0 Å². The number of carbonyl (C=O) groups is 2. The molecule has 270 valence electrons. The Morgan fingerprint density at radius 2 is 1.00 bits per heavy atom. The van der Waals surface area contributed by atoms with Crippen LogP contribution in [0.1, 0.15) is 117 Å². The molecular formula is C36H61O10P. The summed E-state index contributed by atoms with van der Waals surface area (Å²) in [6, 6.07) is 0. The second-order valence-electron chi connectivity index (χ2n) is 11.1. The first-order valence-corrected chi connectivity index (χ1v) is 18.7. The van der Waals surface area contributed by atoms with Gasteiger partial charge in [0.25, 0.3) is 0 Å². The molecule has 0 aliphatic carbocycles. The summed E-state index contributed by atoms with van der Waals surface area (Å²) in [5, 5.41) is 19.0. The van der Waals surface area contributed by atoms with Crippen LogP contribution >= 0.6 is 7.82 Å². The molecule has 0 aliphatic rings. The molecule has 0 aromatic carbocycles. The Morgan fingerprint density at radius 1 is 0.596 bits per heavy atom. The third-order valence-corrected chi connectivity index (χ3v) is 7.70. The van der Waals surface area contributed by atoms with Crippen molar-refractivity contribution in [1.82, 2.24) is 0 Å². The molecule has 0 aromatic heterocycles. The first-order chi connectivity index (χ1) is 22.8. The van der Waals surface area contributed by atoms with Crippen LogP contribution in [0.15, 0.2) is 60.8 Å². The monoisotopic (exact) mass is 684 g/mol. The van der Waals surface area contributed by atoms with Gasteiger partial charge in [0, 0.05) is 12.8 Å². The van der Waals surface area contributed by atoms with Crippen LogP contribution in [-0.4, -0.2) is 65.7 Å². The predicted octanol–water partition coefficient (Wildman–Crippen LogP) is 7.99. The Kier molecular flexibility index (Phi) is 30.6. The van der Waals surface area contributed by atoms with Crippen molar-refractivity contribution < 1.29 is 47.8 Å². The molecule has 3 atom stereocenters. The second-order valence-corrected chi connectivity index (χ2v) is 12.6. The van der Waals surface area contributed by atoms with Gasteiger partial charge in [0.2, 0.25) is 0 Å². The highest BCUT2D eigenvalue weighted by Crippen LogP contribution is 2.43. The second kappa shape index (κ2) is 32.2. The van der Waals surface area contributed by atoms with Gasteiger partial charge in [0.05, 0.1) is 26.4 Å². The average molecular weight is 685 g/mol. The van der Waals surface area contributed by atoms with Gasteiger partial charge in [0.1, 0.15) is 12.2 Å². The summed E-state index contributed by atoms with van der Waals surface area (Å²) in [6.07, 6.45) is 32.4. The number of phosphoric ester groups is 1. The molecule has 11 heteroatoms. The van der Waals surface area contributed by atoms with Crippen molar-refractivity contribution >= 4 is 19.8 Å². The van der Waals surface area contributed by atoms with Crippen LogP contribution in [-0.2, 0) is 32.7 Å². The number of unbranched alkanes of at least 4 members (excludes halogenated alkanes) is 7. The van der Waals surface area contributed by atoms with Crippen LogP contribution in [0.4, 0.5) is 0 Å². The van der Waals surface area contributed by atoms with Crippen molar-refractivity contribution in [2.75, 3.05) is 26.4 Å². The highest BCUT2D eigenvalue weighted by Gasteiger charge is 2.27. The molecule has 47 heavy (non-hydrogen) atoms. The fourth-order valence-electron chi connectivity index (χ4n) is 4.09. The number of esters is 2. The zero-order chi connectivity index (χ0) is 34.9. The number of aliphatic hydroxyl groups is 2. The minimum atomic E-state index is -4.64. The molecule has 0 fully saturated rings. The van der Waals surface area contributed by atoms with Crippen LogP contribution in [0.2, 0.25) is 0 Å². The predicted molar refractivity (Wildman–Crippen MR) is 187 cm³/mol. The van der Waals surface area contributed by atoms with Crippen molar-refractivity contribution in [3.63, 3.8) is 0 Å². The highest BCUT2D eigenvalue weighted by atomic mass is 31.2. The standard InChI is InChI=1S/C36H61O10P/c1-3-5-7-9-11-12-13-14-15-16-17-18-19-20-22-24-26-28-36(40)46-34(30-38)32-44-47(41,42)43-31-33(29-37)45-35(39)27-25-23-21-10-8-6-4-2/h5,7,11-12,14-15,17-18,20,22,33-34,37-38H,3-4,6,8-10,13,16,19,21,23-32H2,1-2H3,(H,41,42)/b7-5-,12-11-,15-14-,18-17-,22-20-. The Balaban J connectivity index is 4.12. The molecule has 3 unspecified atom stereocenters. The first-order valence-electron chi connectivity index (χ1n) is 17.2. The normalized spacial score (nSPS) is 14.9. The summed E-state index contributed by atoms with van der Waals surface area (Å²) in [5.74, 6) is -1.09. The SMILES string of the molecule is CC/C=C\C/C=C\C/C=C\C/C=C\C/C=C\CCCC(=O)OC(CO)COP(=O)(O)OCC(CO)OC(=O)CCCCCCCCC. The van der Waals surface area contributed by atoms with Gasteiger partial charge >= 0.3 is 19.8 Å². The molecule has 0 amide bonds. The van der Waals surface area contributed by atoms with Gasteiger partial charge in [0.15, 0.2) is 0 Å². The molecule has 0 bridgehead atoms. The summed E-state index contributed by atoms with van der Waals surface area (Å²) >= 11 is 0. The highest BCUT2D eigenvalue weighted by molar-refractivity contribution is 7.47. The van der Waals surface area contributed by atoms with Crippen molar-refractivity contribution in [3.8, 4) is 0 Å². The average Bonchev–Trinajstić information content (AvgIpc) is 3.05. The van der Waals surface area contributed by atoms with Gasteiger partial charge in [-0.3, -0.25) is 18.6 Å². The Bertz CT molecular complexity index is 973. The number of ether oxygens (including phenoxy) is 2. The molecule has 0 spiro atoms. The summed E-state index contributed by atoms with van der Waals surface area (Å²) in [6.45, 7) is 1.92. The van der Waals surface area contributed by atoms with Crippen LogP contribution in [0.3, 0.4) is 0 Å². The van der Waals surface area contributed by atoms with E-state index in [1.54, 1.807) is 0 Å². The van der Waals surface area contributed by atoms with Crippen LogP contribution in [0.5, 0.6) is 0 Å². The van der Waals surface area contributed by atoms with E-state index in [0.717, 1.165) is 51.4 Å². The lowest BCUT2D eigenvalue weighted by Gasteiger charge is -2.20. The maximum atomic E-state index is 12.2. The minimum Gasteiger partial charge on any atom is -0.457 e. The lowest BCUT2D eigenvalue weighted by atomic mass is 10.1. The van der Waals surface area contributed by atoms with E-state index < -0.39 is 58.4 Å². The van der Waals surface area contributed by atoms with E-state index in [-0.39, 0.29) is 12.8 Å². The molecule has 0 heterocycles. The zero-order valence-corrected chi connectivity index (χ0v) is 29.6. The van der Waals surface area contributed by atoms with Crippen LogP contribution in [0, 0.1) is 0 Å². The van der Waals surface area contributed by atoms with E-state index in [0.29, 0.717) is 19.3 Å². The van der Waals surface area contributed by atoms with Gasteiger partial charge in [-0.1, -0.05) is 113 Å². The number of carbonyl (C=O) groups excluding carboxylic acids is 2. The number of hydrogen-bond acceptors (Lipinski definition) is 9. The van der Waals surface area contributed by atoms with Crippen molar-refractivity contribution in [3.05, 3.63) is 60.8 Å². The van der Waals surface area contributed by atoms with Crippen molar-refractivity contribution in [2.24, 2.45) is 0 Å². The molecule has 10 nitrogen and oxygen atoms in total. The summed E-state index contributed by atoms with van der Waals surface area (Å²) in [5.41, 5.74) is 0. The Morgan fingerprint density at radius 3 is 1.45 bits per heavy atom. The maximum absolute atomic E-state index is 12.2.